The van der Waals surface area contributed by atoms with Crippen LogP contribution in [-0.4, -0.2) is 66.8 Å². The van der Waals surface area contributed by atoms with E-state index in [0.29, 0.717) is 51.6 Å². The molecule has 1 saturated heterocycles. The predicted octanol–water partition coefficient (Wildman–Crippen LogP) is 7.15. The monoisotopic (exact) mass is 743 g/mol. The van der Waals surface area contributed by atoms with Gasteiger partial charge in [-0.1, -0.05) is 61.2 Å². The van der Waals surface area contributed by atoms with Crippen molar-refractivity contribution in [2.45, 2.75) is 88.7 Å². The minimum atomic E-state index is -0.541. The Morgan fingerprint density at radius 1 is 1.00 bits per heavy atom. The van der Waals surface area contributed by atoms with Crippen molar-refractivity contribution in [3.05, 3.63) is 113 Å². The van der Waals surface area contributed by atoms with Crippen molar-refractivity contribution >= 4 is 16.6 Å². The van der Waals surface area contributed by atoms with E-state index >= 15 is 0 Å². The van der Waals surface area contributed by atoms with E-state index in [1.165, 1.54) is 11.1 Å². The van der Waals surface area contributed by atoms with E-state index in [0.717, 1.165) is 71.0 Å². The van der Waals surface area contributed by atoms with Crippen molar-refractivity contribution in [1.29, 1.82) is 0 Å². The molecule has 5 heterocycles. The molecule has 0 spiro atoms. The first-order valence-corrected chi connectivity index (χ1v) is 19.9. The number of aromatic hydroxyl groups is 1. The number of rotatable bonds is 5. The Morgan fingerprint density at radius 3 is 2.69 bits per heavy atom. The summed E-state index contributed by atoms with van der Waals surface area (Å²) in [7, 11) is 1.68. The summed E-state index contributed by atoms with van der Waals surface area (Å²) in [6.45, 7) is 4.52. The van der Waals surface area contributed by atoms with Gasteiger partial charge in [-0.3, -0.25) is 5.32 Å². The molecule has 1 unspecified atom stereocenters. The second kappa shape index (κ2) is 16.7. The van der Waals surface area contributed by atoms with Gasteiger partial charge in [0.2, 0.25) is 0 Å². The third-order valence-corrected chi connectivity index (χ3v) is 11.8. The summed E-state index contributed by atoms with van der Waals surface area (Å²) in [6, 6.07) is 21.0. The van der Waals surface area contributed by atoms with Crippen LogP contribution in [0.25, 0.3) is 16.6 Å². The van der Waals surface area contributed by atoms with Crippen LogP contribution in [0.3, 0.4) is 0 Å². The summed E-state index contributed by atoms with van der Waals surface area (Å²) in [5, 5.41) is 31.6. The zero-order chi connectivity index (χ0) is 37.8. The number of aromatic nitrogens is 1. The van der Waals surface area contributed by atoms with Crippen LogP contribution >= 0.6 is 0 Å². The SMILES string of the molecule is COCNC1C=C2C#C[C@H](C)CCC[C@H]3C[C@H](O)CCc4ccc(O)c(c4)OCc4cc(C5(c6ccccc6)CCOCC5)cc5cn(cc45)C(=C2CO3)N1. The van der Waals surface area contributed by atoms with E-state index in [9.17, 15) is 10.2 Å². The minimum Gasteiger partial charge on any atom is -0.504 e. The van der Waals surface area contributed by atoms with Crippen LogP contribution in [0.15, 0.2) is 90.3 Å². The van der Waals surface area contributed by atoms with Crippen molar-refractivity contribution in [1.82, 2.24) is 15.2 Å². The lowest BCUT2D eigenvalue weighted by molar-refractivity contribution is 0.0167. The van der Waals surface area contributed by atoms with Crippen LogP contribution in [-0.2, 0) is 32.7 Å². The van der Waals surface area contributed by atoms with Gasteiger partial charge in [-0.05, 0) is 97.9 Å². The maximum atomic E-state index is 11.3. The molecular weight excluding hydrogens is 691 g/mol. The number of phenolic OH excluding ortho intramolecular Hbond substituents is 1. The van der Waals surface area contributed by atoms with Gasteiger partial charge >= 0.3 is 0 Å². The van der Waals surface area contributed by atoms with Gasteiger partial charge in [-0.25, -0.2) is 0 Å². The van der Waals surface area contributed by atoms with Crippen LogP contribution in [0, 0.1) is 17.8 Å². The first kappa shape index (κ1) is 37.4. The highest BCUT2D eigenvalue weighted by Gasteiger charge is 2.37. The quantitative estimate of drug-likeness (QED) is 0.126. The molecule has 55 heavy (non-hydrogen) atoms. The number of aliphatic hydroxyl groups excluding tert-OH is 1. The maximum absolute atomic E-state index is 11.3. The molecule has 9 nitrogen and oxygen atoms in total. The molecule has 4 aliphatic heterocycles. The number of hydrogen-bond acceptors (Lipinski definition) is 8. The predicted molar refractivity (Wildman–Crippen MR) is 214 cm³/mol. The number of benzene rings is 3. The van der Waals surface area contributed by atoms with E-state index in [1.807, 2.05) is 12.1 Å². The van der Waals surface area contributed by atoms with E-state index < -0.39 is 6.10 Å². The van der Waals surface area contributed by atoms with Gasteiger partial charge in [-0.15, -0.1) is 0 Å². The molecule has 6 bridgehead atoms. The molecule has 4 aromatic rings. The third kappa shape index (κ3) is 8.21. The molecule has 8 rings (SSSR count). The number of aliphatic hydroxyl groups is 1. The number of dihydropyridines is 1. The fraction of sp³-hybridized carbons (Fsp3) is 0.435. The van der Waals surface area contributed by atoms with Gasteiger partial charge in [-0.2, -0.15) is 0 Å². The first-order chi connectivity index (χ1) is 26.9. The summed E-state index contributed by atoms with van der Waals surface area (Å²) in [6.07, 6.45) is 11.9. The highest BCUT2D eigenvalue weighted by Crippen LogP contribution is 2.44. The van der Waals surface area contributed by atoms with Crippen LogP contribution in [0.4, 0.5) is 0 Å². The fourth-order valence-electron chi connectivity index (χ4n) is 8.66. The lowest BCUT2D eigenvalue weighted by atomic mass is 9.68. The Hall–Kier alpha value is -4.56. The van der Waals surface area contributed by atoms with Crippen molar-refractivity contribution in [2.24, 2.45) is 5.92 Å². The van der Waals surface area contributed by atoms with Gasteiger partial charge in [0.1, 0.15) is 18.6 Å². The molecule has 4 atom stereocenters. The minimum absolute atomic E-state index is 0.0956. The molecule has 3 aromatic carbocycles. The number of fused-ring (bicyclic) bond motifs is 6. The van der Waals surface area contributed by atoms with Crippen molar-refractivity contribution < 1.29 is 29.2 Å². The zero-order valence-electron chi connectivity index (χ0n) is 32.0. The Labute approximate surface area is 324 Å². The van der Waals surface area contributed by atoms with Crippen molar-refractivity contribution in [2.75, 3.05) is 33.7 Å². The molecule has 4 N–H and O–H groups in total. The fourth-order valence-corrected chi connectivity index (χ4v) is 8.66. The molecule has 9 heteroatoms. The van der Waals surface area contributed by atoms with Crippen LogP contribution in [0.1, 0.15) is 74.1 Å². The summed E-state index contributed by atoms with van der Waals surface area (Å²) in [4.78, 5) is 0. The lowest BCUT2D eigenvalue weighted by Crippen LogP contribution is -2.44. The molecule has 4 aliphatic rings. The Bertz CT molecular complexity index is 2100. The van der Waals surface area contributed by atoms with Crippen molar-refractivity contribution in [3.63, 3.8) is 0 Å². The number of hydrogen-bond donors (Lipinski definition) is 4. The highest BCUT2D eigenvalue weighted by atomic mass is 16.5. The number of nitrogens with zero attached hydrogens (tertiary/aromatic N) is 1. The lowest BCUT2D eigenvalue weighted by Gasteiger charge is -2.39. The summed E-state index contributed by atoms with van der Waals surface area (Å²) in [5.74, 6) is 8.72. The second-order valence-electron chi connectivity index (χ2n) is 15.6. The normalized spacial score (nSPS) is 24.4. The zero-order valence-corrected chi connectivity index (χ0v) is 32.0. The molecule has 288 valence electrons. The summed E-state index contributed by atoms with van der Waals surface area (Å²) < 4.78 is 26.8. The van der Waals surface area contributed by atoms with Crippen LogP contribution < -0.4 is 15.4 Å². The van der Waals surface area contributed by atoms with Crippen LogP contribution in [0.2, 0.25) is 0 Å². The number of ether oxygens (including phenoxy) is 4. The Balaban J connectivity index is 1.32. The Kier molecular flexibility index (Phi) is 11.3. The second-order valence-corrected chi connectivity index (χ2v) is 15.6. The average Bonchev–Trinajstić information content (AvgIpc) is 3.64. The van der Waals surface area contributed by atoms with Gasteiger partial charge in [0, 0.05) is 66.0 Å². The maximum Gasteiger partial charge on any atom is 0.161 e. The molecule has 1 fully saturated rings. The van der Waals surface area contributed by atoms with Gasteiger partial charge < -0.3 is 39.0 Å². The molecule has 0 saturated carbocycles. The van der Waals surface area contributed by atoms with Crippen molar-refractivity contribution in [3.8, 4) is 23.3 Å². The molecule has 0 aliphatic carbocycles. The highest BCUT2D eigenvalue weighted by molar-refractivity contribution is 5.88. The molecule has 1 aromatic heterocycles. The van der Waals surface area contributed by atoms with Gasteiger partial charge in [0.15, 0.2) is 11.5 Å². The topological polar surface area (TPSA) is 106 Å². The van der Waals surface area contributed by atoms with E-state index in [4.69, 9.17) is 18.9 Å². The van der Waals surface area contributed by atoms with Crippen LogP contribution in [0.5, 0.6) is 11.5 Å². The van der Waals surface area contributed by atoms with Gasteiger partial charge in [0.05, 0.1) is 25.5 Å². The molecular formula is C46H53N3O6. The Morgan fingerprint density at radius 2 is 1.85 bits per heavy atom. The van der Waals surface area contributed by atoms with Gasteiger partial charge in [0.25, 0.3) is 0 Å². The standard InChI is InChI=1S/C46H53N3O6/c1-31-7-6-10-39-25-38(50)15-12-32-13-16-42(51)43(21-32)55-28-35-23-37(46(17-19-53-20-18-46)36-8-4-3-5-9-36)22-34-26-49(27-40(34)35)45-41(29-54-39)33(14-11-31)24-44(48-45)47-30-52-2/h3-5,8-9,13,16,21-24,26-27,31,38-39,44,47-48,50-51H,6-7,10,12,15,17-20,25,28-30H2,1-2H3/t31-,38-,39+,44?/m1/s1. The number of methoxy groups -OCH3 is 1. The van der Waals surface area contributed by atoms with E-state index in [-0.39, 0.29) is 36.0 Å². The molecule has 0 amide bonds. The average molecular weight is 744 g/mol. The number of aryl methyl sites for hydroxylation is 1. The molecule has 0 radical (unpaired) electrons. The number of nitrogens with one attached hydrogen (secondary N) is 2. The third-order valence-electron chi connectivity index (χ3n) is 11.8. The van der Waals surface area contributed by atoms with E-state index in [2.05, 4.69) is 94.9 Å². The summed E-state index contributed by atoms with van der Waals surface area (Å²) in [5.41, 5.74) is 6.19. The number of phenols is 1. The largest absolute Gasteiger partial charge is 0.504 e. The first-order valence-electron chi connectivity index (χ1n) is 19.9. The van der Waals surface area contributed by atoms with E-state index in [1.54, 1.807) is 13.2 Å². The summed E-state index contributed by atoms with van der Waals surface area (Å²) >= 11 is 0. The smallest absolute Gasteiger partial charge is 0.161 e.